The maximum absolute atomic E-state index is 6.83. The minimum atomic E-state index is 0.0102. The van der Waals surface area contributed by atoms with E-state index in [0.717, 1.165) is 65.6 Å². The molecule has 0 amide bonds. The lowest BCUT2D eigenvalue weighted by molar-refractivity contribution is 0.143. The summed E-state index contributed by atoms with van der Waals surface area (Å²) < 4.78 is 6.83. The molecule has 3 aromatic carbocycles. The highest BCUT2D eigenvalue weighted by atomic mass is 35.5. The summed E-state index contributed by atoms with van der Waals surface area (Å²) in [7, 11) is 4.42. The average Bonchev–Trinajstić information content (AvgIpc) is 3.48. The third kappa shape index (κ3) is 8.08. The molecule has 45 heavy (non-hydrogen) atoms. The van der Waals surface area contributed by atoms with Gasteiger partial charge in [0.2, 0.25) is 11.8 Å². The lowest BCUT2D eigenvalue weighted by atomic mass is 9.74. The number of nitrogens with one attached hydrogen (secondary N) is 1. The van der Waals surface area contributed by atoms with Crippen LogP contribution in [0.5, 0.6) is 0 Å². The second kappa shape index (κ2) is 15.1. The zero-order chi connectivity index (χ0) is 31.2. The van der Waals surface area contributed by atoms with Crippen molar-refractivity contribution in [2.45, 2.75) is 57.5 Å². The van der Waals surface area contributed by atoms with Gasteiger partial charge in [-0.05, 0) is 87.0 Å². The van der Waals surface area contributed by atoms with Gasteiger partial charge in [-0.15, -0.1) is 0 Å². The van der Waals surface area contributed by atoms with E-state index < -0.39 is 0 Å². The normalized spacial score (nSPS) is 20.2. The molecule has 0 spiro atoms. The van der Waals surface area contributed by atoms with Crippen LogP contribution in [0, 0.1) is 18.8 Å². The van der Waals surface area contributed by atoms with Crippen molar-refractivity contribution in [2.24, 2.45) is 11.8 Å². The fourth-order valence-corrected chi connectivity index (χ4v) is 8.33. The summed E-state index contributed by atoms with van der Waals surface area (Å²) in [5.74, 6) is 5.27. The second-order valence-electron chi connectivity index (χ2n) is 13.1. The lowest BCUT2D eigenvalue weighted by Crippen LogP contribution is -2.32. The molecule has 0 bridgehead atoms. The van der Waals surface area contributed by atoms with Gasteiger partial charge < -0.3 is 19.5 Å². The molecule has 5 nitrogen and oxygen atoms in total. The molecule has 1 saturated carbocycles. The molecule has 2 unspecified atom stereocenters. The average molecular weight is 643 g/mol. The number of oxazole rings is 1. The first-order valence-corrected chi connectivity index (χ1v) is 18.1. The van der Waals surface area contributed by atoms with Crippen molar-refractivity contribution in [1.29, 1.82) is 0 Å². The molecule has 7 heteroatoms. The molecule has 2 fully saturated rings. The van der Waals surface area contributed by atoms with Gasteiger partial charge in [0.15, 0.2) is 0 Å². The number of rotatable bonds is 11. The highest BCUT2D eigenvalue weighted by Crippen LogP contribution is 2.43. The Hall–Kier alpha value is -2.93. The van der Waals surface area contributed by atoms with Gasteiger partial charge in [-0.2, -0.15) is 11.8 Å². The SMILES string of the molecule is Cc1ccccc1NC(CC1CCC(C(c2ccc(Cl)cc2)N(C)C)CC1)c1nc(Cc2ccccc2)c(N2CCSCC2)o1. The molecule has 1 aliphatic carbocycles. The van der Waals surface area contributed by atoms with Gasteiger partial charge in [-0.1, -0.05) is 85.1 Å². The smallest absolute Gasteiger partial charge is 0.220 e. The number of hydrogen-bond donors (Lipinski definition) is 1. The van der Waals surface area contributed by atoms with Crippen molar-refractivity contribution in [2.75, 3.05) is 48.9 Å². The Balaban J connectivity index is 1.24. The van der Waals surface area contributed by atoms with Crippen LogP contribution in [0.1, 0.15) is 72.5 Å². The Bertz CT molecular complexity index is 1490. The first kappa shape index (κ1) is 32.0. The minimum absolute atomic E-state index is 0.0102. The van der Waals surface area contributed by atoms with Gasteiger partial charge in [0.25, 0.3) is 0 Å². The standard InChI is InChI=1S/C38H47ClN4OS/c1-27-9-7-8-12-33(27)40-34(25-29-13-15-30(16-14-29)36(42(2)3)31-17-19-32(39)20-18-31)37-41-35(26-28-10-5-4-6-11-28)38(44-37)43-21-23-45-24-22-43/h4-12,17-20,29-30,34,36,40H,13-16,21-26H2,1-3H3. The van der Waals surface area contributed by atoms with Gasteiger partial charge in [0.1, 0.15) is 11.7 Å². The quantitative estimate of drug-likeness (QED) is 0.176. The monoisotopic (exact) mass is 642 g/mol. The molecule has 2 atom stereocenters. The van der Waals surface area contributed by atoms with E-state index in [4.69, 9.17) is 21.0 Å². The van der Waals surface area contributed by atoms with Gasteiger partial charge >= 0.3 is 0 Å². The lowest BCUT2D eigenvalue weighted by Gasteiger charge is -2.38. The summed E-state index contributed by atoms with van der Waals surface area (Å²) in [6.45, 7) is 4.18. The molecule has 1 aliphatic heterocycles. The summed E-state index contributed by atoms with van der Waals surface area (Å²) in [6.07, 6.45) is 6.64. The molecule has 1 N–H and O–H groups in total. The van der Waals surface area contributed by atoms with Gasteiger partial charge in [-0.3, -0.25) is 0 Å². The molecule has 2 aliphatic rings. The molecule has 238 valence electrons. The van der Waals surface area contributed by atoms with Crippen LogP contribution in [-0.4, -0.2) is 48.6 Å². The fraction of sp³-hybridized carbons (Fsp3) is 0.447. The maximum Gasteiger partial charge on any atom is 0.220 e. The van der Waals surface area contributed by atoms with Gasteiger partial charge in [0.05, 0.1) is 0 Å². The van der Waals surface area contributed by atoms with Crippen LogP contribution in [0.2, 0.25) is 5.02 Å². The first-order chi connectivity index (χ1) is 21.9. The second-order valence-corrected chi connectivity index (χ2v) is 14.7. The Labute approximate surface area is 278 Å². The highest BCUT2D eigenvalue weighted by Gasteiger charge is 2.33. The van der Waals surface area contributed by atoms with Crippen LogP contribution in [0.4, 0.5) is 11.6 Å². The van der Waals surface area contributed by atoms with Crippen LogP contribution < -0.4 is 10.2 Å². The Morgan fingerprint density at radius 1 is 0.933 bits per heavy atom. The maximum atomic E-state index is 6.83. The summed E-state index contributed by atoms with van der Waals surface area (Å²) in [4.78, 5) is 10.1. The van der Waals surface area contributed by atoms with E-state index in [1.54, 1.807) is 0 Å². The molecule has 0 radical (unpaired) electrons. The van der Waals surface area contributed by atoms with Crippen molar-refractivity contribution in [3.05, 3.63) is 112 Å². The molecule has 2 heterocycles. The van der Waals surface area contributed by atoms with Crippen molar-refractivity contribution < 1.29 is 4.42 Å². The van der Waals surface area contributed by atoms with Crippen LogP contribution in [0.15, 0.2) is 83.3 Å². The van der Waals surface area contributed by atoms with Gasteiger partial charge in [-0.25, -0.2) is 4.98 Å². The molecular weight excluding hydrogens is 596 g/mol. The minimum Gasteiger partial charge on any atom is -0.423 e. The third-order valence-corrected chi connectivity index (χ3v) is 10.8. The van der Waals surface area contributed by atoms with Crippen molar-refractivity contribution >= 4 is 34.9 Å². The van der Waals surface area contributed by atoms with E-state index >= 15 is 0 Å². The predicted octanol–water partition coefficient (Wildman–Crippen LogP) is 9.43. The molecule has 4 aromatic rings. The highest BCUT2D eigenvalue weighted by molar-refractivity contribution is 7.99. The van der Waals surface area contributed by atoms with E-state index in [2.05, 4.69) is 103 Å². The number of para-hydroxylation sites is 1. The van der Waals surface area contributed by atoms with E-state index in [-0.39, 0.29) is 6.04 Å². The topological polar surface area (TPSA) is 44.5 Å². The Morgan fingerprint density at radius 3 is 2.31 bits per heavy atom. The summed E-state index contributed by atoms with van der Waals surface area (Å²) in [5, 5.41) is 4.70. The van der Waals surface area contributed by atoms with Crippen LogP contribution in [0.3, 0.4) is 0 Å². The van der Waals surface area contributed by atoms with E-state index in [1.165, 1.54) is 42.4 Å². The number of halogens is 1. The number of hydrogen-bond acceptors (Lipinski definition) is 6. The largest absolute Gasteiger partial charge is 0.423 e. The summed E-state index contributed by atoms with van der Waals surface area (Å²) in [5.41, 5.74) is 6.09. The van der Waals surface area contributed by atoms with Crippen molar-refractivity contribution in [3.63, 3.8) is 0 Å². The molecule has 1 aromatic heterocycles. The third-order valence-electron chi connectivity index (χ3n) is 9.65. The summed E-state index contributed by atoms with van der Waals surface area (Å²) >= 11 is 8.25. The van der Waals surface area contributed by atoms with Crippen LogP contribution in [-0.2, 0) is 6.42 Å². The van der Waals surface area contributed by atoms with Crippen LogP contribution in [0.25, 0.3) is 0 Å². The van der Waals surface area contributed by atoms with Crippen molar-refractivity contribution in [1.82, 2.24) is 9.88 Å². The predicted molar refractivity (Wildman–Crippen MR) is 191 cm³/mol. The van der Waals surface area contributed by atoms with E-state index in [0.29, 0.717) is 17.9 Å². The van der Waals surface area contributed by atoms with E-state index in [1.807, 2.05) is 23.9 Å². The number of benzene rings is 3. The number of thioether (sulfide) groups is 1. The first-order valence-electron chi connectivity index (χ1n) is 16.5. The Kier molecular flexibility index (Phi) is 10.8. The number of aromatic nitrogens is 1. The Morgan fingerprint density at radius 2 is 1.62 bits per heavy atom. The van der Waals surface area contributed by atoms with Gasteiger partial charge in [0, 0.05) is 47.8 Å². The fourth-order valence-electron chi connectivity index (χ4n) is 7.30. The molecule has 1 saturated heterocycles. The molecular formula is C38H47ClN4OS. The number of anilines is 2. The van der Waals surface area contributed by atoms with E-state index in [9.17, 15) is 0 Å². The zero-order valence-electron chi connectivity index (χ0n) is 26.9. The van der Waals surface area contributed by atoms with Crippen LogP contribution >= 0.6 is 23.4 Å². The number of aryl methyl sites for hydroxylation is 1. The van der Waals surface area contributed by atoms with Crippen molar-refractivity contribution in [3.8, 4) is 0 Å². The molecule has 6 rings (SSSR count). The summed E-state index contributed by atoms with van der Waals surface area (Å²) in [6, 6.07) is 28.1. The zero-order valence-corrected chi connectivity index (χ0v) is 28.5. The number of nitrogens with zero attached hydrogens (tertiary/aromatic N) is 3.